The Bertz CT molecular complexity index is 799. The van der Waals surface area contributed by atoms with Gasteiger partial charge in [-0.25, -0.2) is 4.98 Å². The van der Waals surface area contributed by atoms with Gasteiger partial charge < -0.3 is 15.8 Å². The number of thiophene rings is 1. The second-order valence-corrected chi connectivity index (χ2v) is 7.15. The molecule has 7 heteroatoms. The van der Waals surface area contributed by atoms with E-state index in [0.717, 1.165) is 21.0 Å². The van der Waals surface area contributed by atoms with E-state index >= 15 is 0 Å². The van der Waals surface area contributed by atoms with Crippen molar-refractivity contribution in [3.05, 3.63) is 58.3 Å². The zero-order chi connectivity index (χ0) is 16.8. The van der Waals surface area contributed by atoms with Gasteiger partial charge in [0, 0.05) is 10.3 Å². The minimum absolute atomic E-state index is 0.0513. The lowest BCUT2D eigenvalue weighted by molar-refractivity contribution is -0.126. The molecule has 3 rings (SSSR count). The third kappa shape index (κ3) is 4.64. The average Bonchev–Trinajstić information content (AvgIpc) is 3.23. The number of carbonyl (C=O) groups excluding carboxylic acids is 1. The number of hydrogen-bond acceptors (Lipinski definition) is 6. The number of thiazole rings is 1. The molecule has 0 fully saturated rings. The highest BCUT2D eigenvalue weighted by molar-refractivity contribution is 7.16. The molecule has 24 heavy (non-hydrogen) atoms. The smallest absolute Gasteiger partial charge is 0.246 e. The van der Waals surface area contributed by atoms with Crippen LogP contribution in [0.1, 0.15) is 10.4 Å². The number of ether oxygens (including phenoxy) is 1. The summed E-state index contributed by atoms with van der Waals surface area (Å²) in [6.07, 6.45) is 0. The fourth-order valence-electron chi connectivity index (χ4n) is 2.08. The summed E-state index contributed by atoms with van der Waals surface area (Å²) in [6, 6.07) is 13.8. The number of rotatable bonds is 7. The quantitative estimate of drug-likeness (QED) is 0.679. The Kier molecular flexibility index (Phi) is 5.58. The highest BCUT2D eigenvalue weighted by Crippen LogP contribution is 2.29. The van der Waals surface area contributed by atoms with Gasteiger partial charge in [-0.3, -0.25) is 4.79 Å². The first-order chi connectivity index (χ1) is 11.7. The van der Waals surface area contributed by atoms with Crippen LogP contribution in [0.25, 0.3) is 10.6 Å². The molecule has 0 aliphatic rings. The van der Waals surface area contributed by atoms with Crippen molar-refractivity contribution >= 4 is 33.7 Å². The number of carbonyl (C=O) groups is 1. The number of nitrogens with two attached hydrogens (primary N) is 1. The van der Waals surface area contributed by atoms with Crippen molar-refractivity contribution in [1.29, 1.82) is 0 Å². The van der Waals surface area contributed by atoms with Crippen molar-refractivity contribution in [2.24, 2.45) is 0 Å². The molecule has 124 valence electrons. The maximum Gasteiger partial charge on any atom is 0.246 e. The van der Waals surface area contributed by atoms with Gasteiger partial charge in [-0.1, -0.05) is 30.3 Å². The maximum absolute atomic E-state index is 11.8. The molecule has 0 radical (unpaired) electrons. The fourth-order valence-corrected chi connectivity index (χ4v) is 3.63. The predicted molar refractivity (Wildman–Crippen MR) is 97.8 cm³/mol. The molecular formula is C17H17N3O2S2. The summed E-state index contributed by atoms with van der Waals surface area (Å²) in [5.74, 6) is -0.126. The molecule has 5 nitrogen and oxygen atoms in total. The lowest BCUT2D eigenvalue weighted by Crippen LogP contribution is -2.26. The largest absolute Gasteiger partial charge is 0.375 e. The Morgan fingerprint density at radius 2 is 2.04 bits per heavy atom. The number of nitrogens with zero attached hydrogens (tertiary/aromatic N) is 1. The van der Waals surface area contributed by atoms with E-state index in [-0.39, 0.29) is 12.5 Å². The van der Waals surface area contributed by atoms with Crippen LogP contribution in [0.4, 0.5) is 5.13 Å². The van der Waals surface area contributed by atoms with Gasteiger partial charge in [0.2, 0.25) is 5.91 Å². The molecule has 0 saturated carbocycles. The van der Waals surface area contributed by atoms with Gasteiger partial charge in [-0.05, 0) is 17.7 Å². The lowest BCUT2D eigenvalue weighted by Gasteiger charge is -2.05. The molecule has 1 amide bonds. The van der Waals surface area contributed by atoms with Crippen LogP contribution in [0.2, 0.25) is 0 Å². The van der Waals surface area contributed by atoms with Gasteiger partial charge in [0.25, 0.3) is 0 Å². The van der Waals surface area contributed by atoms with E-state index in [0.29, 0.717) is 18.3 Å². The number of amides is 1. The first kappa shape index (κ1) is 16.6. The molecule has 1 aromatic carbocycles. The molecular weight excluding hydrogens is 342 g/mol. The Morgan fingerprint density at radius 1 is 1.21 bits per heavy atom. The average molecular weight is 359 g/mol. The van der Waals surface area contributed by atoms with Gasteiger partial charge in [0.15, 0.2) is 5.13 Å². The van der Waals surface area contributed by atoms with E-state index in [9.17, 15) is 4.79 Å². The number of aromatic nitrogens is 1. The first-order valence-electron chi connectivity index (χ1n) is 7.39. The van der Waals surface area contributed by atoms with Crippen molar-refractivity contribution in [2.45, 2.75) is 13.2 Å². The van der Waals surface area contributed by atoms with Crippen molar-refractivity contribution in [3.8, 4) is 10.6 Å². The SMILES string of the molecule is Nc1nc(-c2ccc(CNC(=O)COCc3ccccc3)s2)cs1. The monoisotopic (exact) mass is 359 g/mol. The van der Waals surface area contributed by atoms with Crippen LogP contribution in [0.3, 0.4) is 0 Å². The van der Waals surface area contributed by atoms with Gasteiger partial charge in [0.1, 0.15) is 6.61 Å². The molecule has 0 unspecified atom stereocenters. The number of hydrogen-bond donors (Lipinski definition) is 2. The van der Waals surface area contributed by atoms with Crippen LogP contribution >= 0.6 is 22.7 Å². The normalized spacial score (nSPS) is 10.7. The predicted octanol–water partition coefficient (Wildman–Crippen LogP) is 3.29. The number of nitrogens with one attached hydrogen (secondary N) is 1. The summed E-state index contributed by atoms with van der Waals surface area (Å²) in [7, 11) is 0. The van der Waals surface area contributed by atoms with Crippen molar-refractivity contribution < 1.29 is 9.53 Å². The topological polar surface area (TPSA) is 77.2 Å². The standard InChI is InChI=1S/C17H17N3O2S2/c18-17-20-14(11-23-17)15-7-6-13(24-15)8-19-16(21)10-22-9-12-4-2-1-3-5-12/h1-7,11H,8-10H2,(H2,18,20)(H,19,21). The minimum Gasteiger partial charge on any atom is -0.375 e. The van der Waals surface area contributed by atoms with Gasteiger partial charge in [-0.15, -0.1) is 22.7 Å². The molecule has 3 N–H and O–H groups in total. The Hall–Kier alpha value is -2.22. The van der Waals surface area contributed by atoms with Crippen LogP contribution in [0.5, 0.6) is 0 Å². The van der Waals surface area contributed by atoms with E-state index in [2.05, 4.69) is 10.3 Å². The molecule has 0 aliphatic heterocycles. The van der Waals surface area contributed by atoms with E-state index in [1.165, 1.54) is 11.3 Å². The van der Waals surface area contributed by atoms with Gasteiger partial charge >= 0.3 is 0 Å². The Balaban J connectivity index is 1.42. The zero-order valence-electron chi connectivity index (χ0n) is 12.9. The van der Waals surface area contributed by atoms with Crippen LogP contribution in [0.15, 0.2) is 47.8 Å². The maximum atomic E-state index is 11.8. The number of benzene rings is 1. The summed E-state index contributed by atoms with van der Waals surface area (Å²) in [5, 5.41) is 5.35. The van der Waals surface area contributed by atoms with Crippen LogP contribution in [-0.2, 0) is 22.7 Å². The molecule has 0 atom stereocenters. The number of anilines is 1. The summed E-state index contributed by atoms with van der Waals surface area (Å²) in [4.78, 5) is 18.2. The van der Waals surface area contributed by atoms with E-state index in [1.807, 2.05) is 47.8 Å². The van der Waals surface area contributed by atoms with Crippen LogP contribution in [0, 0.1) is 0 Å². The summed E-state index contributed by atoms with van der Waals surface area (Å²) < 4.78 is 5.42. The number of nitrogen functional groups attached to an aromatic ring is 1. The van der Waals surface area contributed by atoms with E-state index in [4.69, 9.17) is 10.5 Å². The zero-order valence-corrected chi connectivity index (χ0v) is 14.5. The minimum atomic E-state index is -0.126. The second kappa shape index (κ2) is 8.05. The molecule has 2 heterocycles. The van der Waals surface area contributed by atoms with Crippen molar-refractivity contribution in [1.82, 2.24) is 10.3 Å². The first-order valence-corrected chi connectivity index (χ1v) is 9.09. The molecule has 0 saturated heterocycles. The van der Waals surface area contributed by atoms with E-state index in [1.54, 1.807) is 11.3 Å². The fraction of sp³-hybridized carbons (Fsp3) is 0.176. The van der Waals surface area contributed by atoms with Gasteiger partial charge in [0.05, 0.1) is 23.7 Å². The molecule has 2 aromatic heterocycles. The van der Waals surface area contributed by atoms with Crippen LogP contribution < -0.4 is 11.1 Å². The summed E-state index contributed by atoms with van der Waals surface area (Å²) in [5.41, 5.74) is 7.58. The molecule has 0 spiro atoms. The molecule has 0 bridgehead atoms. The Morgan fingerprint density at radius 3 is 2.79 bits per heavy atom. The van der Waals surface area contributed by atoms with Crippen molar-refractivity contribution in [2.75, 3.05) is 12.3 Å². The van der Waals surface area contributed by atoms with Crippen LogP contribution in [-0.4, -0.2) is 17.5 Å². The third-order valence-electron chi connectivity index (χ3n) is 3.24. The lowest BCUT2D eigenvalue weighted by atomic mass is 10.2. The summed E-state index contributed by atoms with van der Waals surface area (Å²) >= 11 is 3.02. The van der Waals surface area contributed by atoms with Gasteiger partial charge in [-0.2, -0.15) is 0 Å². The Labute approximate surface area is 148 Å². The molecule has 3 aromatic rings. The third-order valence-corrected chi connectivity index (χ3v) is 5.02. The second-order valence-electron chi connectivity index (χ2n) is 5.09. The van der Waals surface area contributed by atoms with E-state index < -0.39 is 0 Å². The highest BCUT2D eigenvalue weighted by atomic mass is 32.1. The summed E-state index contributed by atoms with van der Waals surface area (Å²) in [6.45, 7) is 0.968. The highest BCUT2D eigenvalue weighted by Gasteiger charge is 2.08. The van der Waals surface area contributed by atoms with Crippen molar-refractivity contribution in [3.63, 3.8) is 0 Å². The molecule has 0 aliphatic carbocycles.